The third-order valence-electron chi connectivity index (χ3n) is 7.90. The average molecular weight is 553 g/mol. The van der Waals surface area contributed by atoms with Crippen molar-refractivity contribution in [2.75, 3.05) is 26.2 Å². The molecule has 198 valence electrons. The first-order chi connectivity index (χ1) is 18.3. The van der Waals surface area contributed by atoms with Crippen LogP contribution in [0.25, 0.3) is 0 Å². The first-order valence-electron chi connectivity index (χ1n) is 12.9. The van der Waals surface area contributed by atoms with Gasteiger partial charge in [0.15, 0.2) is 12.6 Å². The van der Waals surface area contributed by atoms with Crippen molar-refractivity contribution >= 4 is 35.1 Å². The number of benzene rings is 3. The molecule has 3 saturated heterocycles. The number of amides is 1. The number of carbonyl (C=O) groups excluding carboxylic acids is 2. The molecule has 0 spiro atoms. The lowest BCUT2D eigenvalue weighted by Gasteiger charge is -2.52. The number of fused-ring (bicyclic) bond motifs is 3. The van der Waals surface area contributed by atoms with Crippen LogP contribution in [0, 0.1) is 5.92 Å². The molecule has 0 saturated carbocycles. The van der Waals surface area contributed by atoms with Crippen LogP contribution in [-0.2, 0) is 26.5 Å². The van der Waals surface area contributed by atoms with E-state index in [2.05, 4.69) is 5.32 Å². The number of nitrogens with one attached hydrogen (secondary N) is 1. The molecule has 1 atom stereocenters. The molecule has 6 nitrogen and oxygen atoms in total. The van der Waals surface area contributed by atoms with Gasteiger partial charge >= 0.3 is 5.97 Å². The Hall–Kier alpha value is -2.90. The lowest BCUT2D eigenvalue weighted by atomic mass is 9.82. The predicted octanol–water partition coefficient (Wildman–Crippen LogP) is 4.07. The molecule has 1 amide bonds. The first-order valence-corrected chi connectivity index (χ1v) is 13.6. The van der Waals surface area contributed by atoms with Gasteiger partial charge in [-0.3, -0.25) is 9.59 Å². The van der Waals surface area contributed by atoms with Crippen LogP contribution in [0.2, 0.25) is 10.0 Å². The number of hydrogen-bond acceptors (Lipinski definition) is 4. The molecular formula is C30H30Cl2N2O4. The molecule has 3 aromatic carbocycles. The van der Waals surface area contributed by atoms with E-state index in [-0.39, 0.29) is 11.8 Å². The Balaban J connectivity index is 1.28. The summed E-state index contributed by atoms with van der Waals surface area (Å²) in [4.78, 5) is 26.5. The van der Waals surface area contributed by atoms with E-state index >= 15 is 0 Å². The molecule has 3 aliphatic rings. The van der Waals surface area contributed by atoms with E-state index in [1.807, 2.05) is 18.2 Å². The van der Waals surface area contributed by atoms with Crippen molar-refractivity contribution in [1.82, 2.24) is 5.32 Å². The predicted molar refractivity (Wildman–Crippen MR) is 144 cm³/mol. The van der Waals surface area contributed by atoms with E-state index in [0.717, 1.165) is 31.5 Å². The van der Waals surface area contributed by atoms with Gasteiger partial charge in [0.1, 0.15) is 6.54 Å². The fourth-order valence-corrected chi connectivity index (χ4v) is 6.08. The minimum absolute atomic E-state index is 0.0757. The topological polar surface area (TPSA) is 78.5 Å². The second-order valence-electron chi connectivity index (χ2n) is 10.3. The molecule has 0 radical (unpaired) electrons. The van der Waals surface area contributed by atoms with E-state index in [4.69, 9.17) is 27.9 Å². The number of ether oxygens (including phenoxy) is 1. The molecule has 1 unspecified atom stereocenters. The molecule has 8 heteroatoms. The fraction of sp³-hybridized carbons (Fsp3) is 0.333. The maximum atomic E-state index is 14.2. The van der Waals surface area contributed by atoms with E-state index in [1.165, 1.54) is 0 Å². The average Bonchev–Trinajstić information content (AvgIpc) is 2.94. The maximum absolute atomic E-state index is 14.2. The number of halogens is 2. The molecule has 2 bridgehead atoms. The van der Waals surface area contributed by atoms with Crippen LogP contribution < -0.4 is 10.4 Å². The highest BCUT2D eigenvalue weighted by Crippen LogP contribution is 2.37. The van der Waals surface area contributed by atoms with Gasteiger partial charge in [-0.1, -0.05) is 89.9 Å². The monoisotopic (exact) mass is 552 g/mol. The van der Waals surface area contributed by atoms with Gasteiger partial charge < -0.3 is 19.6 Å². The summed E-state index contributed by atoms with van der Waals surface area (Å²) in [5, 5.41) is 18.1. The molecule has 0 aromatic heterocycles. The summed E-state index contributed by atoms with van der Waals surface area (Å²) >= 11 is 12.1. The van der Waals surface area contributed by atoms with Gasteiger partial charge in [0.05, 0.1) is 23.1 Å². The zero-order chi connectivity index (χ0) is 26.8. The molecule has 3 aliphatic heterocycles. The number of carbonyl (C=O) groups is 2. The third kappa shape index (κ3) is 5.45. The van der Waals surface area contributed by atoms with Crippen LogP contribution in [-0.4, -0.2) is 48.6 Å². The van der Waals surface area contributed by atoms with Crippen molar-refractivity contribution in [3.63, 3.8) is 0 Å². The Morgan fingerprint density at radius 1 is 0.921 bits per heavy atom. The maximum Gasteiger partial charge on any atom is 0.304 e. The van der Waals surface area contributed by atoms with Crippen molar-refractivity contribution in [2.24, 2.45) is 5.92 Å². The molecule has 3 fully saturated rings. The van der Waals surface area contributed by atoms with Crippen LogP contribution in [0.15, 0.2) is 78.9 Å². The van der Waals surface area contributed by atoms with Crippen LogP contribution in [0.5, 0.6) is 0 Å². The molecule has 38 heavy (non-hydrogen) atoms. The summed E-state index contributed by atoms with van der Waals surface area (Å²) in [5.41, 5.74) is -0.604. The summed E-state index contributed by atoms with van der Waals surface area (Å²) in [6.07, 6.45) is 1.29. The summed E-state index contributed by atoms with van der Waals surface area (Å²) < 4.78 is 6.58. The summed E-state index contributed by atoms with van der Waals surface area (Å²) in [7, 11) is 0. The van der Waals surface area contributed by atoms with E-state index in [0.29, 0.717) is 45.3 Å². The van der Waals surface area contributed by atoms with Gasteiger partial charge in [0.2, 0.25) is 0 Å². The lowest BCUT2D eigenvalue weighted by Crippen LogP contribution is -2.67. The second-order valence-corrected chi connectivity index (χ2v) is 11.2. The first kappa shape index (κ1) is 26.7. The number of hydrogen-bond donors (Lipinski definition) is 1. The van der Waals surface area contributed by atoms with Crippen LogP contribution >= 0.6 is 23.2 Å². The zero-order valence-electron chi connectivity index (χ0n) is 20.9. The summed E-state index contributed by atoms with van der Waals surface area (Å²) in [6, 6.07) is 22.6. The van der Waals surface area contributed by atoms with E-state index in [1.54, 1.807) is 60.7 Å². The second kappa shape index (κ2) is 11.1. The number of nitrogens with zero attached hydrogens (tertiary/aromatic N) is 1. The van der Waals surface area contributed by atoms with Crippen LogP contribution in [0.1, 0.15) is 29.5 Å². The molecule has 6 rings (SSSR count). The number of rotatable bonds is 8. The van der Waals surface area contributed by atoms with Gasteiger partial charge in [0, 0.05) is 30.9 Å². The van der Waals surface area contributed by atoms with Crippen LogP contribution in [0.4, 0.5) is 0 Å². The summed E-state index contributed by atoms with van der Waals surface area (Å²) in [5.74, 6) is -0.682. The van der Waals surface area contributed by atoms with Crippen molar-refractivity contribution in [1.29, 1.82) is 0 Å². The fourth-order valence-electron chi connectivity index (χ4n) is 5.76. The normalized spacial score (nSPS) is 22.6. The molecular weight excluding hydrogens is 523 g/mol. The van der Waals surface area contributed by atoms with Gasteiger partial charge in [-0.25, -0.2) is 0 Å². The smallest absolute Gasteiger partial charge is 0.304 e. The SMILES string of the molecule is O=C(C[N+]12CCC(CC1)C(OC(=O)C([O-])(c1ccccc1)c1ccccc1)C2)NCc1ccc(Cl)c(Cl)c1. The molecule has 3 aromatic rings. The lowest BCUT2D eigenvalue weighted by molar-refractivity contribution is -0.939. The van der Waals surface area contributed by atoms with Gasteiger partial charge in [0.25, 0.3) is 5.91 Å². The third-order valence-corrected chi connectivity index (χ3v) is 8.64. The highest BCUT2D eigenvalue weighted by molar-refractivity contribution is 6.42. The standard InChI is InChI=1S/C30H30Cl2N2O4/c31-25-12-11-21(17-26(25)32)18-33-28(35)20-34-15-13-22(14-16-34)27(19-34)38-29(36)30(37,23-7-3-1-4-8-23)24-9-5-2-6-10-24/h1-12,17,22,27H,13-16,18-20H2,(H,33,35). The van der Waals surface area contributed by atoms with Crippen LogP contribution in [0.3, 0.4) is 0 Å². The summed E-state index contributed by atoms with van der Waals surface area (Å²) in [6.45, 7) is 2.86. The Kier molecular flexibility index (Phi) is 7.78. The highest BCUT2D eigenvalue weighted by atomic mass is 35.5. The van der Waals surface area contributed by atoms with E-state index in [9.17, 15) is 14.7 Å². The van der Waals surface area contributed by atoms with Crippen molar-refractivity contribution in [3.05, 3.63) is 106 Å². The highest BCUT2D eigenvalue weighted by Gasteiger charge is 2.49. The minimum atomic E-state index is -2.17. The van der Waals surface area contributed by atoms with Gasteiger partial charge in [-0.05, 0) is 28.8 Å². The zero-order valence-corrected chi connectivity index (χ0v) is 22.5. The van der Waals surface area contributed by atoms with Gasteiger partial charge in [-0.2, -0.15) is 0 Å². The van der Waals surface area contributed by atoms with Gasteiger partial charge in [-0.15, -0.1) is 0 Å². The van der Waals surface area contributed by atoms with E-state index < -0.39 is 17.7 Å². The Morgan fingerprint density at radius 2 is 1.53 bits per heavy atom. The Morgan fingerprint density at radius 3 is 2.11 bits per heavy atom. The molecule has 3 heterocycles. The van der Waals surface area contributed by atoms with Crippen molar-refractivity contribution < 1.29 is 23.9 Å². The number of quaternary nitrogens is 1. The number of piperidine rings is 3. The number of esters is 1. The Bertz CT molecular complexity index is 1250. The Labute approximate surface area is 232 Å². The quantitative estimate of drug-likeness (QED) is 0.337. The van der Waals surface area contributed by atoms with Crippen molar-refractivity contribution in [3.8, 4) is 0 Å². The van der Waals surface area contributed by atoms with Crippen molar-refractivity contribution in [2.45, 2.75) is 31.1 Å². The largest absolute Gasteiger partial charge is 0.834 e. The molecule has 0 aliphatic carbocycles. The molecule has 1 N–H and O–H groups in total. The minimum Gasteiger partial charge on any atom is -0.834 e.